The lowest BCUT2D eigenvalue weighted by atomic mass is 10.3. The van der Waals surface area contributed by atoms with Crippen LogP contribution < -0.4 is 5.73 Å². The van der Waals surface area contributed by atoms with Gasteiger partial charge in [-0.15, -0.1) is 23.2 Å². The molecule has 7 heavy (non-hydrogen) atoms. The second-order valence-electron chi connectivity index (χ2n) is 1.39. The van der Waals surface area contributed by atoms with Crippen molar-refractivity contribution in [3.8, 4) is 0 Å². The maximum Gasteiger partial charge on any atom is 0.119 e. The summed E-state index contributed by atoms with van der Waals surface area (Å²) in [5, 5.41) is 0. The Morgan fingerprint density at radius 1 is 1.57 bits per heavy atom. The van der Waals surface area contributed by atoms with Gasteiger partial charge in [0.15, 0.2) is 0 Å². The lowest BCUT2D eigenvalue weighted by molar-refractivity contribution is 0.810. The summed E-state index contributed by atoms with van der Waals surface area (Å²) >= 11 is 10.8. The van der Waals surface area contributed by atoms with Crippen molar-refractivity contribution < 1.29 is 0 Å². The van der Waals surface area contributed by atoms with Crippen LogP contribution >= 0.6 is 23.2 Å². The van der Waals surface area contributed by atoms with Crippen molar-refractivity contribution in [3.63, 3.8) is 0 Å². The number of nitrogens with two attached hydrogens (primary N) is 1. The summed E-state index contributed by atoms with van der Waals surface area (Å²) in [5.74, 6) is 0. The quantitative estimate of drug-likeness (QED) is 0.577. The van der Waals surface area contributed by atoms with E-state index in [1.807, 2.05) is 0 Å². The first-order valence-electron chi connectivity index (χ1n) is 1.99. The van der Waals surface area contributed by atoms with E-state index in [9.17, 15) is 0 Å². The van der Waals surface area contributed by atoms with Gasteiger partial charge in [0.2, 0.25) is 0 Å². The minimum Gasteiger partial charge on any atom is -0.330 e. The van der Waals surface area contributed by atoms with Crippen molar-refractivity contribution in [1.82, 2.24) is 0 Å². The summed E-state index contributed by atoms with van der Waals surface area (Å²) in [6.07, 6.45) is 0.538. The van der Waals surface area contributed by atoms with Crippen molar-refractivity contribution in [3.05, 3.63) is 6.92 Å². The number of alkyl halides is 2. The smallest absolute Gasteiger partial charge is 0.119 e. The van der Waals surface area contributed by atoms with Gasteiger partial charge in [-0.2, -0.15) is 0 Å². The summed E-state index contributed by atoms with van der Waals surface area (Å²) in [7, 11) is 0. The van der Waals surface area contributed by atoms with Gasteiger partial charge in [0.1, 0.15) is 4.33 Å². The average molecular weight is 141 g/mol. The highest BCUT2D eigenvalue weighted by atomic mass is 35.5. The molecule has 0 aromatic heterocycles. The topological polar surface area (TPSA) is 26.0 Å². The molecule has 3 heteroatoms. The minimum atomic E-state index is -0.880. The molecule has 0 bridgehead atoms. The minimum absolute atomic E-state index is 0.483. The number of rotatable bonds is 2. The molecule has 43 valence electrons. The molecule has 0 aliphatic carbocycles. The third kappa shape index (κ3) is 6.54. The Labute approximate surface area is 53.8 Å². The molecule has 0 spiro atoms. The van der Waals surface area contributed by atoms with E-state index in [0.717, 1.165) is 0 Å². The Morgan fingerprint density at radius 3 is 2.00 bits per heavy atom. The number of halogens is 2. The predicted octanol–water partition coefficient (Wildman–Crippen LogP) is 1.34. The maximum atomic E-state index is 5.41. The maximum absolute atomic E-state index is 5.41. The molecule has 1 nitrogen and oxygen atoms in total. The lowest BCUT2D eigenvalue weighted by Gasteiger charge is -2.08. The van der Waals surface area contributed by atoms with E-state index >= 15 is 0 Å². The van der Waals surface area contributed by atoms with Crippen LogP contribution in [0.25, 0.3) is 0 Å². The zero-order valence-corrected chi connectivity index (χ0v) is 5.47. The van der Waals surface area contributed by atoms with E-state index in [2.05, 4.69) is 6.92 Å². The zero-order valence-electron chi connectivity index (χ0n) is 3.95. The Hall–Kier alpha value is 0.540. The van der Waals surface area contributed by atoms with E-state index in [4.69, 9.17) is 28.9 Å². The highest BCUT2D eigenvalue weighted by Gasteiger charge is 2.13. The van der Waals surface area contributed by atoms with Gasteiger partial charge in [0, 0.05) is 0 Å². The predicted molar refractivity (Wildman–Crippen MR) is 33.5 cm³/mol. The van der Waals surface area contributed by atoms with E-state index in [-0.39, 0.29) is 0 Å². The molecule has 0 heterocycles. The molecule has 0 aromatic carbocycles. The molecule has 0 fully saturated rings. The van der Waals surface area contributed by atoms with Gasteiger partial charge < -0.3 is 5.73 Å². The molecule has 2 N–H and O–H groups in total. The summed E-state index contributed by atoms with van der Waals surface area (Å²) in [4.78, 5) is 0. The van der Waals surface area contributed by atoms with Crippen molar-refractivity contribution in [2.24, 2.45) is 5.73 Å². The van der Waals surface area contributed by atoms with Gasteiger partial charge in [-0.05, 0) is 19.9 Å². The van der Waals surface area contributed by atoms with E-state index in [1.54, 1.807) is 0 Å². The van der Waals surface area contributed by atoms with Crippen molar-refractivity contribution in [2.75, 3.05) is 6.54 Å². The number of hydrogen-bond donors (Lipinski definition) is 1. The molecule has 0 atom stereocenters. The Morgan fingerprint density at radius 2 is 2.00 bits per heavy atom. The van der Waals surface area contributed by atoms with Gasteiger partial charge in [-0.25, -0.2) is 0 Å². The average Bonchev–Trinajstić information content (AvgIpc) is 1.30. The first-order valence-corrected chi connectivity index (χ1v) is 2.75. The van der Waals surface area contributed by atoms with Gasteiger partial charge >= 0.3 is 0 Å². The fraction of sp³-hybridized carbons (Fsp3) is 0.750. The van der Waals surface area contributed by atoms with Crippen LogP contribution in [-0.4, -0.2) is 10.9 Å². The molecule has 0 aromatic rings. The van der Waals surface area contributed by atoms with Crippen molar-refractivity contribution >= 4 is 23.2 Å². The molecule has 0 amide bonds. The van der Waals surface area contributed by atoms with Crippen LogP contribution in [0.3, 0.4) is 0 Å². The molecule has 0 unspecified atom stereocenters. The zero-order chi connectivity index (χ0) is 5.91. The second kappa shape index (κ2) is 2.75. The molecular formula is C4H8Cl2N. The van der Waals surface area contributed by atoms with E-state index in [1.165, 1.54) is 0 Å². The third-order valence-corrected chi connectivity index (χ3v) is 0.888. The molecule has 0 aliphatic heterocycles. The van der Waals surface area contributed by atoms with Gasteiger partial charge in [-0.3, -0.25) is 0 Å². The summed E-state index contributed by atoms with van der Waals surface area (Å²) in [5.41, 5.74) is 5.11. The highest BCUT2D eigenvalue weighted by molar-refractivity contribution is 6.48. The molecule has 0 saturated heterocycles. The fourth-order valence-electron chi connectivity index (χ4n) is 0.211. The third-order valence-electron chi connectivity index (χ3n) is 0.510. The Kier molecular flexibility index (Phi) is 2.96. The molecular weight excluding hydrogens is 133 g/mol. The van der Waals surface area contributed by atoms with Crippen LogP contribution in [0.4, 0.5) is 0 Å². The molecule has 0 saturated carbocycles. The molecule has 0 aliphatic rings. The van der Waals surface area contributed by atoms with Crippen molar-refractivity contribution in [2.45, 2.75) is 10.8 Å². The van der Waals surface area contributed by atoms with Crippen LogP contribution in [0.5, 0.6) is 0 Å². The highest BCUT2D eigenvalue weighted by Crippen LogP contribution is 2.21. The second-order valence-corrected chi connectivity index (χ2v) is 3.04. The van der Waals surface area contributed by atoms with Crippen LogP contribution in [0.2, 0.25) is 0 Å². The standard InChI is InChI=1S/C4H8Cl2N/c1-4(5,6)2-3-7/h1-3,7H2. The summed E-state index contributed by atoms with van der Waals surface area (Å²) < 4.78 is -0.880. The first-order chi connectivity index (χ1) is 3.06. The number of hydrogen-bond acceptors (Lipinski definition) is 1. The van der Waals surface area contributed by atoms with Gasteiger partial charge in [0.05, 0.1) is 0 Å². The van der Waals surface area contributed by atoms with Crippen LogP contribution in [0, 0.1) is 6.92 Å². The SMILES string of the molecule is [CH2]C(Cl)(Cl)CCN. The van der Waals surface area contributed by atoms with E-state index < -0.39 is 4.33 Å². The Balaban J connectivity index is 3.15. The van der Waals surface area contributed by atoms with E-state index in [0.29, 0.717) is 13.0 Å². The lowest BCUT2D eigenvalue weighted by Crippen LogP contribution is -2.13. The van der Waals surface area contributed by atoms with Crippen LogP contribution in [0.1, 0.15) is 6.42 Å². The normalized spacial score (nSPS) is 12.0. The monoisotopic (exact) mass is 140 g/mol. The van der Waals surface area contributed by atoms with Gasteiger partial charge in [-0.1, -0.05) is 0 Å². The largest absolute Gasteiger partial charge is 0.330 e. The van der Waals surface area contributed by atoms with Crippen LogP contribution in [-0.2, 0) is 0 Å². The summed E-state index contributed by atoms with van der Waals surface area (Å²) in [6, 6.07) is 0. The first kappa shape index (κ1) is 7.54. The molecule has 0 rings (SSSR count). The molecule has 1 radical (unpaired) electrons. The fourth-order valence-corrected chi connectivity index (χ4v) is 0.429. The summed E-state index contributed by atoms with van der Waals surface area (Å²) in [6.45, 7) is 3.89. The van der Waals surface area contributed by atoms with Crippen LogP contribution in [0.15, 0.2) is 0 Å². The van der Waals surface area contributed by atoms with Crippen molar-refractivity contribution in [1.29, 1.82) is 0 Å². The Bertz CT molecular complexity index is 48.1. The van der Waals surface area contributed by atoms with Gasteiger partial charge in [0.25, 0.3) is 0 Å².